The number of carbonyl (C=O) groups is 1. The van der Waals surface area contributed by atoms with Crippen molar-refractivity contribution in [3.05, 3.63) is 40.2 Å². The SMILES string of the molecule is Cc1nc(-c2ccc(OCC(C)C)c(-c3c(C)noc3C)c2)sc1C(=O)O. The van der Waals surface area contributed by atoms with Crippen molar-refractivity contribution in [2.45, 2.75) is 34.6 Å². The Morgan fingerprint density at radius 3 is 2.56 bits per heavy atom. The van der Waals surface area contributed by atoms with Crippen molar-refractivity contribution in [3.63, 3.8) is 0 Å². The van der Waals surface area contributed by atoms with Crippen molar-refractivity contribution in [1.82, 2.24) is 10.1 Å². The van der Waals surface area contributed by atoms with E-state index in [1.54, 1.807) is 6.92 Å². The van der Waals surface area contributed by atoms with Crippen LogP contribution < -0.4 is 4.74 Å². The lowest BCUT2D eigenvalue weighted by molar-refractivity contribution is 0.0701. The van der Waals surface area contributed by atoms with Crippen LogP contribution in [0.2, 0.25) is 0 Å². The van der Waals surface area contributed by atoms with Gasteiger partial charge in [-0.1, -0.05) is 19.0 Å². The highest BCUT2D eigenvalue weighted by atomic mass is 32.1. The van der Waals surface area contributed by atoms with E-state index in [0.29, 0.717) is 29.0 Å². The monoisotopic (exact) mass is 386 g/mol. The molecule has 3 rings (SSSR count). The van der Waals surface area contributed by atoms with E-state index in [2.05, 4.69) is 24.0 Å². The summed E-state index contributed by atoms with van der Waals surface area (Å²) in [5, 5.41) is 14.0. The number of benzene rings is 1. The number of carboxylic acid groups (broad SMARTS) is 1. The molecule has 2 heterocycles. The van der Waals surface area contributed by atoms with E-state index in [1.165, 1.54) is 11.3 Å². The summed E-state index contributed by atoms with van der Waals surface area (Å²) >= 11 is 1.17. The number of rotatable bonds is 6. The minimum atomic E-state index is -0.959. The van der Waals surface area contributed by atoms with Crippen LogP contribution in [0.1, 0.15) is 40.7 Å². The molecule has 1 N–H and O–H groups in total. The van der Waals surface area contributed by atoms with Gasteiger partial charge in [0.1, 0.15) is 21.4 Å². The van der Waals surface area contributed by atoms with E-state index in [1.807, 2.05) is 32.0 Å². The van der Waals surface area contributed by atoms with Gasteiger partial charge >= 0.3 is 5.97 Å². The standard InChI is InChI=1S/C20H22N2O4S/c1-10(2)9-25-16-7-6-14(19-21-12(4)18(27-19)20(23)24)8-15(16)17-11(3)22-26-13(17)5/h6-8,10H,9H2,1-5H3,(H,23,24). The summed E-state index contributed by atoms with van der Waals surface area (Å²) in [6.07, 6.45) is 0. The molecule has 0 saturated heterocycles. The molecule has 0 amide bonds. The fourth-order valence-corrected chi connectivity index (χ4v) is 3.73. The first-order valence-corrected chi connectivity index (χ1v) is 9.50. The molecular weight excluding hydrogens is 364 g/mol. The minimum absolute atomic E-state index is 0.254. The van der Waals surface area contributed by atoms with Gasteiger partial charge in [-0.25, -0.2) is 9.78 Å². The third-order valence-corrected chi connectivity index (χ3v) is 5.29. The van der Waals surface area contributed by atoms with Gasteiger partial charge in [-0.05, 0) is 44.9 Å². The summed E-state index contributed by atoms with van der Waals surface area (Å²) in [6, 6.07) is 5.77. The molecule has 3 aromatic rings. The van der Waals surface area contributed by atoms with Gasteiger partial charge in [-0.3, -0.25) is 0 Å². The Morgan fingerprint density at radius 1 is 1.26 bits per heavy atom. The molecule has 142 valence electrons. The third-order valence-electron chi connectivity index (χ3n) is 4.09. The maximum Gasteiger partial charge on any atom is 0.347 e. The zero-order valence-corrected chi connectivity index (χ0v) is 16.8. The van der Waals surface area contributed by atoms with Gasteiger partial charge in [0.25, 0.3) is 0 Å². The van der Waals surface area contributed by atoms with Crippen LogP contribution >= 0.6 is 11.3 Å². The van der Waals surface area contributed by atoms with Crippen molar-refractivity contribution < 1.29 is 19.2 Å². The van der Waals surface area contributed by atoms with Gasteiger partial charge in [0.15, 0.2) is 0 Å². The van der Waals surface area contributed by atoms with Crippen molar-refractivity contribution in [1.29, 1.82) is 0 Å². The average Bonchev–Trinajstić information content (AvgIpc) is 3.15. The molecule has 0 aliphatic carbocycles. The quantitative estimate of drug-likeness (QED) is 0.632. The number of aromatic nitrogens is 2. The molecule has 0 saturated carbocycles. The summed E-state index contributed by atoms with van der Waals surface area (Å²) in [5.41, 5.74) is 3.89. The number of nitrogens with zero attached hydrogens (tertiary/aromatic N) is 2. The summed E-state index contributed by atoms with van der Waals surface area (Å²) in [7, 11) is 0. The van der Waals surface area contributed by atoms with Gasteiger partial charge in [-0.15, -0.1) is 11.3 Å². The van der Waals surface area contributed by atoms with E-state index >= 15 is 0 Å². The number of ether oxygens (including phenoxy) is 1. The molecule has 1 aromatic carbocycles. The largest absolute Gasteiger partial charge is 0.493 e. The topological polar surface area (TPSA) is 85.5 Å². The lowest BCUT2D eigenvalue weighted by Crippen LogP contribution is -2.05. The van der Waals surface area contributed by atoms with Gasteiger partial charge in [-0.2, -0.15) is 0 Å². The van der Waals surface area contributed by atoms with Crippen LogP contribution in [0, 0.1) is 26.7 Å². The van der Waals surface area contributed by atoms with Gasteiger partial charge in [0.05, 0.1) is 23.6 Å². The molecule has 0 aliphatic heterocycles. The first-order valence-electron chi connectivity index (χ1n) is 8.69. The van der Waals surface area contributed by atoms with Crippen LogP contribution in [0.4, 0.5) is 0 Å². The molecule has 2 aromatic heterocycles. The van der Waals surface area contributed by atoms with E-state index < -0.39 is 5.97 Å². The minimum Gasteiger partial charge on any atom is -0.493 e. The highest BCUT2D eigenvalue weighted by Gasteiger charge is 2.20. The molecule has 7 heteroatoms. The number of thiazole rings is 1. The second-order valence-corrected chi connectivity index (χ2v) is 7.85. The predicted octanol–water partition coefficient (Wildman–Crippen LogP) is 5.12. The number of aromatic carboxylic acids is 1. The van der Waals surface area contributed by atoms with Crippen LogP contribution in [0.3, 0.4) is 0 Å². The third kappa shape index (κ3) is 3.88. The molecule has 27 heavy (non-hydrogen) atoms. The van der Waals surface area contributed by atoms with Crippen LogP contribution in [0.25, 0.3) is 21.7 Å². The van der Waals surface area contributed by atoms with Crippen molar-refractivity contribution in [2.24, 2.45) is 5.92 Å². The van der Waals surface area contributed by atoms with Crippen LogP contribution in [0.15, 0.2) is 22.7 Å². The molecule has 0 aliphatic rings. The Labute approximate surface area is 161 Å². The maximum atomic E-state index is 11.3. The molecule has 0 bridgehead atoms. The van der Waals surface area contributed by atoms with Gasteiger partial charge in [0.2, 0.25) is 0 Å². The fraction of sp³-hybridized carbons (Fsp3) is 0.350. The fourth-order valence-electron chi connectivity index (χ4n) is 2.83. The normalized spacial score (nSPS) is 11.2. The van der Waals surface area contributed by atoms with Crippen LogP contribution in [-0.4, -0.2) is 27.8 Å². The molecule has 0 fully saturated rings. The highest BCUT2D eigenvalue weighted by Crippen LogP contribution is 2.39. The van der Waals surface area contributed by atoms with Gasteiger partial charge < -0.3 is 14.4 Å². The first-order chi connectivity index (χ1) is 12.8. The summed E-state index contributed by atoms with van der Waals surface area (Å²) in [4.78, 5) is 16.0. The van der Waals surface area contributed by atoms with Crippen molar-refractivity contribution >= 4 is 17.3 Å². The van der Waals surface area contributed by atoms with Crippen LogP contribution in [-0.2, 0) is 0 Å². The van der Waals surface area contributed by atoms with E-state index in [-0.39, 0.29) is 4.88 Å². The first kappa shape index (κ1) is 19.1. The number of hydrogen-bond donors (Lipinski definition) is 1. The second-order valence-electron chi connectivity index (χ2n) is 6.85. The number of aryl methyl sites for hydroxylation is 3. The second kappa shape index (κ2) is 7.52. The number of hydrogen-bond acceptors (Lipinski definition) is 6. The average molecular weight is 386 g/mol. The number of carboxylic acids is 1. The van der Waals surface area contributed by atoms with Crippen molar-refractivity contribution in [3.8, 4) is 27.4 Å². The summed E-state index contributed by atoms with van der Waals surface area (Å²) in [6.45, 7) is 10.2. The van der Waals surface area contributed by atoms with E-state index in [0.717, 1.165) is 28.1 Å². The van der Waals surface area contributed by atoms with Crippen LogP contribution in [0.5, 0.6) is 5.75 Å². The molecular formula is C20H22N2O4S. The Kier molecular flexibility index (Phi) is 5.32. The lowest BCUT2D eigenvalue weighted by Gasteiger charge is -2.14. The Balaban J connectivity index is 2.12. The van der Waals surface area contributed by atoms with E-state index in [4.69, 9.17) is 9.26 Å². The summed E-state index contributed by atoms with van der Waals surface area (Å²) in [5.74, 6) is 0.884. The molecule has 6 nitrogen and oxygen atoms in total. The molecule has 0 spiro atoms. The lowest BCUT2D eigenvalue weighted by atomic mass is 10.0. The van der Waals surface area contributed by atoms with Gasteiger partial charge in [0, 0.05) is 11.1 Å². The summed E-state index contributed by atoms with van der Waals surface area (Å²) < 4.78 is 11.3. The highest BCUT2D eigenvalue weighted by molar-refractivity contribution is 7.17. The molecule has 0 atom stereocenters. The Morgan fingerprint density at radius 2 is 2.00 bits per heavy atom. The maximum absolute atomic E-state index is 11.3. The zero-order chi connectivity index (χ0) is 19.7. The molecule has 0 radical (unpaired) electrons. The Bertz CT molecular complexity index is 969. The smallest absolute Gasteiger partial charge is 0.347 e. The molecule has 0 unspecified atom stereocenters. The zero-order valence-electron chi connectivity index (χ0n) is 16.0. The Hall–Kier alpha value is -2.67. The predicted molar refractivity (Wildman–Crippen MR) is 105 cm³/mol. The van der Waals surface area contributed by atoms with Crippen molar-refractivity contribution in [2.75, 3.05) is 6.61 Å². The van der Waals surface area contributed by atoms with E-state index in [9.17, 15) is 9.90 Å².